The van der Waals surface area contributed by atoms with E-state index in [-0.39, 0.29) is 10.5 Å². The lowest BCUT2D eigenvalue weighted by atomic mass is 10.2. The van der Waals surface area contributed by atoms with Crippen molar-refractivity contribution in [1.82, 2.24) is 10.3 Å². The van der Waals surface area contributed by atoms with Gasteiger partial charge < -0.3 is 10.1 Å². The third kappa shape index (κ3) is 5.46. The normalized spacial score (nSPS) is 13.1. The number of methoxy groups -OCH3 is 1. The minimum absolute atomic E-state index is 0.0455. The van der Waals surface area contributed by atoms with Crippen molar-refractivity contribution in [3.8, 4) is 0 Å². The zero-order valence-corrected chi connectivity index (χ0v) is 12.3. The molecule has 0 aromatic carbocycles. The van der Waals surface area contributed by atoms with Crippen LogP contribution in [0.1, 0.15) is 22.5 Å². The second kappa shape index (κ2) is 7.58. The number of carbonyl (C=O) groups excluding carboxylic acids is 1. The van der Waals surface area contributed by atoms with Gasteiger partial charge in [0.15, 0.2) is 0 Å². The molecule has 0 aliphatic rings. The summed E-state index contributed by atoms with van der Waals surface area (Å²) in [7, 11) is 1.57. The summed E-state index contributed by atoms with van der Waals surface area (Å²) < 4.78 is 41.9. The van der Waals surface area contributed by atoms with Crippen molar-refractivity contribution in [3.05, 3.63) is 29.6 Å². The number of ether oxygens (including phenoxy) is 1. The summed E-state index contributed by atoms with van der Waals surface area (Å²) >= 11 is 3.36. The van der Waals surface area contributed by atoms with Crippen LogP contribution < -0.4 is 5.32 Å². The van der Waals surface area contributed by atoms with Gasteiger partial charge in [0.05, 0.1) is 12.2 Å². The van der Waals surface area contributed by atoms with Crippen LogP contribution in [-0.4, -0.2) is 36.0 Å². The summed E-state index contributed by atoms with van der Waals surface area (Å²) in [5.74, 6) is -0.504. The number of pyridine rings is 1. The van der Waals surface area contributed by atoms with E-state index in [2.05, 4.69) is 26.2 Å². The van der Waals surface area contributed by atoms with Gasteiger partial charge in [0.2, 0.25) is 0 Å². The van der Waals surface area contributed by atoms with Gasteiger partial charge in [-0.2, -0.15) is 13.2 Å². The highest BCUT2D eigenvalue weighted by atomic mass is 79.9. The quantitative estimate of drug-likeness (QED) is 0.799. The lowest BCUT2D eigenvalue weighted by Crippen LogP contribution is -2.27. The highest BCUT2D eigenvalue weighted by Crippen LogP contribution is 2.28. The SMILES string of the molecule is COCC(Br)CCNC(=O)c1ccc(C(F)(F)F)cn1. The minimum Gasteiger partial charge on any atom is -0.384 e. The third-order valence-corrected chi connectivity index (χ3v) is 3.14. The summed E-state index contributed by atoms with van der Waals surface area (Å²) in [6.07, 6.45) is -3.17. The highest BCUT2D eigenvalue weighted by Gasteiger charge is 2.30. The summed E-state index contributed by atoms with van der Waals surface area (Å²) in [6, 6.07) is 1.89. The van der Waals surface area contributed by atoms with E-state index in [0.29, 0.717) is 25.8 Å². The van der Waals surface area contributed by atoms with Gasteiger partial charge in [-0.1, -0.05) is 15.9 Å². The van der Waals surface area contributed by atoms with Crippen LogP contribution in [0.3, 0.4) is 0 Å². The smallest absolute Gasteiger partial charge is 0.384 e. The van der Waals surface area contributed by atoms with E-state index in [9.17, 15) is 18.0 Å². The Balaban J connectivity index is 2.48. The van der Waals surface area contributed by atoms with E-state index in [1.807, 2.05) is 0 Å². The zero-order chi connectivity index (χ0) is 15.2. The molecule has 0 saturated heterocycles. The first kappa shape index (κ1) is 16.9. The second-order valence-electron chi connectivity index (χ2n) is 4.03. The van der Waals surface area contributed by atoms with Crippen molar-refractivity contribution < 1.29 is 22.7 Å². The number of alkyl halides is 4. The maximum Gasteiger partial charge on any atom is 0.417 e. The van der Waals surface area contributed by atoms with Gasteiger partial charge in [-0.25, -0.2) is 0 Å². The Morgan fingerprint density at radius 3 is 2.70 bits per heavy atom. The zero-order valence-electron chi connectivity index (χ0n) is 10.7. The second-order valence-corrected chi connectivity index (χ2v) is 5.32. The van der Waals surface area contributed by atoms with Crippen LogP contribution in [-0.2, 0) is 10.9 Å². The predicted octanol–water partition coefficient (Wildman–Crippen LogP) is 2.63. The Morgan fingerprint density at radius 2 is 2.20 bits per heavy atom. The number of amides is 1. The standard InChI is InChI=1S/C12H14BrF3N2O2/c1-20-7-9(13)4-5-17-11(19)10-3-2-8(6-18-10)12(14,15)16/h2-3,6,9H,4-5,7H2,1H3,(H,17,19). The summed E-state index contributed by atoms with van der Waals surface area (Å²) in [4.78, 5) is 15.3. The molecule has 0 spiro atoms. The lowest BCUT2D eigenvalue weighted by molar-refractivity contribution is -0.137. The van der Waals surface area contributed by atoms with Gasteiger partial charge in [0, 0.05) is 24.7 Å². The summed E-state index contributed by atoms with van der Waals surface area (Å²) in [5, 5.41) is 2.58. The summed E-state index contributed by atoms with van der Waals surface area (Å²) in [6.45, 7) is 0.884. The number of nitrogens with one attached hydrogen (secondary N) is 1. The van der Waals surface area contributed by atoms with Crippen LogP contribution in [0.4, 0.5) is 13.2 Å². The third-order valence-electron chi connectivity index (χ3n) is 2.41. The van der Waals surface area contributed by atoms with Crippen molar-refractivity contribution >= 4 is 21.8 Å². The van der Waals surface area contributed by atoms with E-state index in [4.69, 9.17) is 4.74 Å². The fourth-order valence-electron chi connectivity index (χ4n) is 1.39. The molecule has 1 atom stereocenters. The number of rotatable bonds is 6. The first-order valence-corrected chi connectivity index (χ1v) is 6.70. The fraction of sp³-hybridized carbons (Fsp3) is 0.500. The molecule has 1 unspecified atom stereocenters. The molecule has 1 aromatic heterocycles. The molecule has 1 N–H and O–H groups in total. The van der Waals surface area contributed by atoms with Crippen LogP contribution in [0.25, 0.3) is 0 Å². The molecule has 1 heterocycles. The number of halogens is 4. The van der Waals surface area contributed by atoms with E-state index in [0.717, 1.165) is 12.1 Å². The molecule has 0 radical (unpaired) electrons. The Hall–Kier alpha value is -1.15. The van der Waals surface area contributed by atoms with Gasteiger partial charge in [-0.15, -0.1) is 0 Å². The Labute approximate surface area is 122 Å². The van der Waals surface area contributed by atoms with E-state index >= 15 is 0 Å². The van der Waals surface area contributed by atoms with Crippen molar-refractivity contribution in [3.63, 3.8) is 0 Å². The molecular weight excluding hydrogens is 341 g/mol. The molecule has 1 aromatic rings. The average Bonchev–Trinajstić information content (AvgIpc) is 2.38. The van der Waals surface area contributed by atoms with Crippen molar-refractivity contribution in [2.24, 2.45) is 0 Å². The molecule has 20 heavy (non-hydrogen) atoms. The van der Waals surface area contributed by atoms with Crippen molar-refractivity contribution in [1.29, 1.82) is 0 Å². The molecule has 4 nitrogen and oxygen atoms in total. The molecule has 112 valence electrons. The number of hydrogen-bond acceptors (Lipinski definition) is 3. The molecule has 1 rings (SSSR count). The van der Waals surface area contributed by atoms with Crippen LogP contribution in [0.5, 0.6) is 0 Å². The van der Waals surface area contributed by atoms with Gasteiger partial charge in [0.1, 0.15) is 5.69 Å². The predicted molar refractivity (Wildman–Crippen MR) is 70.8 cm³/mol. The molecule has 0 bridgehead atoms. The largest absolute Gasteiger partial charge is 0.417 e. The number of hydrogen-bond donors (Lipinski definition) is 1. The topological polar surface area (TPSA) is 51.2 Å². The van der Waals surface area contributed by atoms with Crippen LogP contribution in [0, 0.1) is 0 Å². The average molecular weight is 355 g/mol. The Bertz CT molecular complexity index is 437. The molecule has 8 heteroatoms. The molecule has 0 fully saturated rings. The Morgan fingerprint density at radius 1 is 1.50 bits per heavy atom. The Kier molecular flexibility index (Phi) is 6.41. The molecule has 0 aliphatic heterocycles. The minimum atomic E-state index is -4.45. The summed E-state index contributed by atoms with van der Waals surface area (Å²) in [5.41, 5.74) is -0.925. The monoisotopic (exact) mass is 354 g/mol. The molecule has 0 saturated carbocycles. The van der Waals surface area contributed by atoms with Crippen molar-refractivity contribution in [2.75, 3.05) is 20.3 Å². The van der Waals surface area contributed by atoms with Crippen LogP contribution >= 0.6 is 15.9 Å². The lowest BCUT2D eigenvalue weighted by Gasteiger charge is -2.10. The van der Waals surface area contributed by atoms with Gasteiger partial charge >= 0.3 is 6.18 Å². The van der Waals surface area contributed by atoms with E-state index < -0.39 is 17.6 Å². The maximum atomic E-state index is 12.3. The van der Waals surface area contributed by atoms with Crippen LogP contribution in [0.2, 0.25) is 0 Å². The van der Waals surface area contributed by atoms with Crippen LogP contribution in [0.15, 0.2) is 18.3 Å². The van der Waals surface area contributed by atoms with Gasteiger partial charge in [-0.05, 0) is 18.6 Å². The molecule has 0 aliphatic carbocycles. The maximum absolute atomic E-state index is 12.3. The number of nitrogens with zero attached hydrogens (tertiary/aromatic N) is 1. The molecule has 1 amide bonds. The number of aromatic nitrogens is 1. The van der Waals surface area contributed by atoms with E-state index in [1.165, 1.54) is 0 Å². The first-order chi connectivity index (χ1) is 9.34. The number of carbonyl (C=O) groups is 1. The van der Waals surface area contributed by atoms with E-state index in [1.54, 1.807) is 7.11 Å². The highest BCUT2D eigenvalue weighted by molar-refractivity contribution is 9.09. The van der Waals surface area contributed by atoms with Crippen molar-refractivity contribution in [2.45, 2.75) is 17.4 Å². The first-order valence-electron chi connectivity index (χ1n) is 5.79. The van der Waals surface area contributed by atoms with Gasteiger partial charge in [0.25, 0.3) is 5.91 Å². The fourth-order valence-corrected chi connectivity index (χ4v) is 1.89. The molecular formula is C12H14BrF3N2O2. The van der Waals surface area contributed by atoms with Gasteiger partial charge in [-0.3, -0.25) is 9.78 Å².